The zero-order valence-electron chi connectivity index (χ0n) is 11.2. The predicted molar refractivity (Wildman–Crippen MR) is 75.7 cm³/mol. The number of fused-ring (bicyclic) bond motifs is 1. The minimum atomic E-state index is 0.829. The van der Waals surface area contributed by atoms with Gasteiger partial charge in [0, 0.05) is 18.8 Å². The Bertz CT molecular complexity index is 430. The largest absolute Gasteiger partial charge is 0.396 e. The second kappa shape index (κ2) is 4.79. The molecule has 3 nitrogen and oxygen atoms in total. The Balaban J connectivity index is 1.79. The molecule has 2 unspecified atom stereocenters. The number of piperidine rings is 1. The van der Waals surface area contributed by atoms with Gasteiger partial charge in [0.2, 0.25) is 0 Å². The first-order valence-electron chi connectivity index (χ1n) is 7.22. The monoisotopic (exact) mass is 245 g/mol. The summed E-state index contributed by atoms with van der Waals surface area (Å²) >= 11 is 0. The summed E-state index contributed by atoms with van der Waals surface area (Å²) in [5.74, 6) is 2.84. The van der Waals surface area contributed by atoms with Gasteiger partial charge < -0.3 is 10.6 Å². The summed E-state index contributed by atoms with van der Waals surface area (Å²) < 4.78 is 0. The predicted octanol–water partition coefficient (Wildman–Crippen LogP) is 2.99. The van der Waals surface area contributed by atoms with Gasteiger partial charge in [-0.05, 0) is 43.7 Å². The molecule has 2 fully saturated rings. The lowest BCUT2D eigenvalue weighted by molar-refractivity contribution is 0.202. The third kappa shape index (κ3) is 2.18. The van der Waals surface area contributed by atoms with Gasteiger partial charge in [0.25, 0.3) is 0 Å². The van der Waals surface area contributed by atoms with Gasteiger partial charge in [0.1, 0.15) is 0 Å². The normalized spacial score (nSPS) is 27.9. The van der Waals surface area contributed by atoms with E-state index in [0.717, 1.165) is 42.1 Å². The van der Waals surface area contributed by atoms with E-state index in [2.05, 4.69) is 9.88 Å². The lowest BCUT2D eigenvalue weighted by atomic mass is 9.75. The molecule has 3 rings (SSSR count). The smallest absolute Gasteiger partial charge is 0.152 e. The second-order valence-corrected chi connectivity index (χ2v) is 5.90. The van der Waals surface area contributed by atoms with Gasteiger partial charge >= 0.3 is 0 Å². The molecule has 2 aliphatic rings. The molecule has 0 radical (unpaired) electrons. The maximum Gasteiger partial charge on any atom is 0.152 e. The third-order valence-corrected chi connectivity index (χ3v) is 4.64. The first kappa shape index (κ1) is 11.8. The molecule has 2 N–H and O–H groups in total. The molecule has 0 spiro atoms. The highest BCUT2D eigenvalue weighted by atomic mass is 15.2. The van der Waals surface area contributed by atoms with Gasteiger partial charge in [-0.15, -0.1) is 0 Å². The van der Waals surface area contributed by atoms with Crippen LogP contribution >= 0.6 is 0 Å². The van der Waals surface area contributed by atoms with Crippen LogP contribution in [0.1, 0.15) is 37.8 Å². The van der Waals surface area contributed by atoms with Crippen LogP contribution in [-0.4, -0.2) is 18.1 Å². The Labute approximate surface area is 109 Å². The van der Waals surface area contributed by atoms with Crippen LogP contribution in [0.2, 0.25) is 0 Å². The number of nitrogens with zero attached hydrogens (tertiary/aromatic N) is 2. The summed E-state index contributed by atoms with van der Waals surface area (Å²) in [6.45, 7) is 4.32. The van der Waals surface area contributed by atoms with Gasteiger partial charge in [-0.25, -0.2) is 4.98 Å². The minimum Gasteiger partial charge on any atom is -0.396 e. The van der Waals surface area contributed by atoms with Crippen LogP contribution < -0.4 is 10.6 Å². The molecule has 0 amide bonds. The number of pyridine rings is 1. The summed E-state index contributed by atoms with van der Waals surface area (Å²) in [4.78, 5) is 7.05. The van der Waals surface area contributed by atoms with Crippen LogP contribution in [0, 0.1) is 18.8 Å². The van der Waals surface area contributed by atoms with Crippen molar-refractivity contribution in [3.8, 4) is 0 Å². The zero-order chi connectivity index (χ0) is 12.5. The molecule has 1 aliphatic carbocycles. The number of nitrogen functional groups attached to an aromatic ring is 1. The molecule has 0 aromatic carbocycles. The standard InChI is InChI=1S/C15H23N3/c1-11-6-7-14(16)15(17-11)18-9-8-12-4-2-3-5-13(12)10-18/h6-7,12-13H,2-5,8-10,16H2,1H3. The number of aryl methyl sites for hydroxylation is 1. The van der Waals surface area contributed by atoms with Crippen molar-refractivity contribution in [2.75, 3.05) is 23.7 Å². The number of rotatable bonds is 1. The Morgan fingerprint density at radius 2 is 1.94 bits per heavy atom. The van der Waals surface area contributed by atoms with Crippen LogP contribution in [-0.2, 0) is 0 Å². The molecule has 1 aliphatic heterocycles. The van der Waals surface area contributed by atoms with Gasteiger partial charge in [0.05, 0.1) is 5.69 Å². The van der Waals surface area contributed by atoms with Crippen molar-refractivity contribution in [2.24, 2.45) is 11.8 Å². The van der Waals surface area contributed by atoms with E-state index >= 15 is 0 Å². The molecular formula is C15H23N3. The second-order valence-electron chi connectivity index (χ2n) is 5.90. The Morgan fingerprint density at radius 1 is 1.17 bits per heavy atom. The maximum atomic E-state index is 6.08. The molecule has 18 heavy (non-hydrogen) atoms. The molecule has 1 aromatic heterocycles. The van der Waals surface area contributed by atoms with Gasteiger partial charge in [0.15, 0.2) is 5.82 Å². The van der Waals surface area contributed by atoms with E-state index in [4.69, 9.17) is 5.73 Å². The van der Waals surface area contributed by atoms with Crippen LogP contribution in [0.4, 0.5) is 11.5 Å². The number of aromatic nitrogens is 1. The average molecular weight is 245 g/mol. The van der Waals surface area contributed by atoms with Crippen molar-refractivity contribution < 1.29 is 0 Å². The Hall–Kier alpha value is -1.25. The fourth-order valence-corrected chi connectivity index (χ4v) is 3.60. The summed E-state index contributed by atoms with van der Waals surface area (Å²) in [5.41, 5.74) is 7.97. The van der Waals surface area contributed by atoms with E-state index in [1.165, 1.54) is 32.1 Å². The Morgan fingerprint density at radius 3 is 2.78 bits per heavy atom. The molecule has 1 saturated carbocycles. The summed E-state index contributed by atoms with van der Waals surface area (Å²) in [6, 6.07) is 3.98. The summed E-state index contributed by atoms with van der Waals surface area (Å²) in [5, 5.41) is 0. The molecule has 1 saturated heterocycles. The molecular weight excluding hydrogens is 222 g/mol. The van der Waals surface area contributed by atoms with E-state index in [1.54, 1.807) is 0 Å². The molecule has 1 aromatic rings. The highest BCUT2D eigenvalue weighted by molar-refractivity contribution is 5.63. The van der Waals surface area contributed by atoms with Gasteiger partial charge in [-0.1, -0.05) is 19.3 Å². The number of hydrogen-bond acceptors (Lipinski definition) is 3. The third-order valence-electron chi connectivity index (χ3n) is 4.64. The van der Waals surface area contributed by atoms with E-state index in [9.17, 15) is 0 Å². The van der Waals surface area contributed by atoms with Crippen LogP contribution in [0.15, 0.2) is 12.1 Å². The van der Waals surface area contributed by atoms with Crippen LogP contribution in [0.25, 0.3) is 0 Å². The quantitative estimate of drug-likeness (QED) is 0.827. The van der Waals surface area contributed by atoms with Crippen molar-refractivity contribution in [3.05, 3.63) is 17.8 Å². The molecule has 0 bridgehead atoms. The van der Waals surface area contributed by atoms with Crippen LogP contribution in [0.5, 0.6) is 0 Å². The topological polar surface area (TPSA) is 42.1 Å². The fourth-order valence-electron chi connectivity index (χ4n) is 3.60. The van der Waals surface area contributed by atoms with Crippen LogP contribution in [0.3, 0.4) is 0 Å². The van der Waals surface area contributed by atoms with E-state index in [1.807, 2.05) is 19.1 Å². The molecule has 3 heteroatoms. The fraction of sp³-hybridized carbons (Fsp3) is 0.667. The van der Waals surface area contributed by atoms with Crippen molar-refractivity contribution in [2.45, 2.75) is 39.0 Å². The van der Waals surface area contributed by atoms with Crippen molar-refractivity contribution >= 4 is 11.5 Å². The lowest BCUT2D eigenvalue weighted by Gasteiger charge is -2.42. The Kier molecular flexibility index (Phi) is 3.14. The molecule has 98 valence electrons. The number of hydrogen-bond donors (Lipinski definition) is 1. The zero-order valence-corrected chi connectivity index (χ0v) is 11.2. The van der Waals surface area contributed by atoms with Crippen molar-refractivity contribution in [1.82, 2.24) is 4.98 Å². The summed E-state index contributed by atoms with van der Waals surface area (Å²) in [6.07, 6.45) is 7.00. The summed E-state index contributed by atoms with van der Waals surface area (Å²) in [7, 11) is 0. The number of anilines is 2. The number of nitrogens with two attached hydrogens (primary N) is 1. The highest BCUT2D eigenvalue weighted by Crippen LogP contribution is 2.38. The van der Waals surface area contributed by atoms with E-state index in [0.29, 0.717) is 0 Å². The first-order valence-corrected chi connectivity index (χ1v) is 7.22. The van der Waals surface area contributed by atoms with E-state index in [-0.39, 0.29) is 0 Å². The lowest BCUT2D eigenvalue weighted by Crippen LogP contribution is -2.42. The van der Waals surface area contributed by atoms with Crippen molar-refractivity contribution in [1.29, 1.82) is 0 Å². The molecule has 2 atom stereocenters. The highest BCUT2D eigenvalue weighted by Gasteiger charge is 2.32. The van der Waals surface area contributed by atoms with Gasteiger partial charge in [-0.2, -0.15) is 0 Å². The average Bonchev–Trinajstić information content (AvgIpc) is 2.41. The minimum absolute atomic E-state index is 0.829. The van der Waals surface area contributed by atoms with E-state index < -0.39 is 0 Å². The first-order chi connectivity index (χ1) is 8.74. The molecule has 2 heterocycles. The van der Waals surface area contributed by atoms with Gasteiger partial charge in [-0.3, -0.25) is 0 Å². The SMILES string of the molecule is Cc1ccc(N)c(N2CCC3CCCCC3C2)n1. The van der Waals surface area contributed by atoms with Crippen molar-refractivity contribution in [3.63, 3.8) is 0 Å². The maximum absolute atomic E-state index is 6.08.